The maximum Gasteiger partial charge on any atom is 0.293 e. The Bertz CT molecular complexity index is 1050. The van der Waals surface area contributed by atoms with Crippen LogP contribution in [0.3, 0.4) is 0 Å². The van der Waals surface area contributed by atoms with Crippen LogP contribution in [0.25, 0.3) is 10.9 Å². The van der Waals surface area contributed by atoms with E-state index in [1.54, 1.807) is 43.5 Å². The summed E-state index contributed by atoms with van der Waals surface area (Å²) >= 11 is 6.13. The Morgan fingerprint density at radius 3 is 2.74 bits per heavy atom. The van der Waals surface area contributed by atoms with Gasteiger partial charge in [-0.1, -0.05) is 11.6 Å². The van der Waals surface area contributed by atoms with Gasteiger partial charge in [-0.3, -0.25) is 19.9 Å². The Hall–Kier alpha value is -3.19. The average molecular weight is 386 g/mol. The maximum atomic E-state index is 12.3. The minimum Gasteiger partial charge on any atom is -0.481 e. The molecule has 1 heterocycles. The summed E-state index contributed by atoms with van der Waals surface area (Å²) < 4.78 is 5.56. The standard InChI is InChI=1S/C19H16ClN3O4/c1-11-8-15(16(23(25)26)9-12(11)2)22-18(24)10-27-17-6-5-14(20)13-4-3-7-21-19(13)17/h3-9H,10H2,1-2H3,(H,22,24). The van der Waals surface area contributed by atoms with Crippen molar-refractivity contribution in [2.24, 2.45) is 0 Å². The van der Waals surface area contributed by atoms with Crippen LogP contribution in [-0.4, -0.2) is 22.4 Å². The number of amides is 1. The number of aryl methyl sites for hydroxylation is 2. The highest BCUT2D eigenvalue weighted by atomic mass is 35.5. The summed E-state index contributed by atoms with van der Waals surface area (Å²) in [5.74, 6) is -0.111. The average Bonchev–Trinajstić information content (AvgIpc) is 2.64. The lowest BCUT2D eigenvalue weighted by Gasteiger charge is -2.11. The van der Waals surface area contributed by atoms with E-state index in [0.717, 1.165) is 11.1 Å². The summed E-state index contributed by atoms with van der Waals surface area (Å²) in [4.78, 5) is 27.2. The minimum absolute atomic E-state index is 0.135. The van der Waals surface area contributed by atoms with Crippen molar-refractivity contribution in [3.63, 3.8) is 0 Å². The third-order valence-corrected chi connectivity index (χ3v) is 4.45. The summed E-state index contributed by atoms with van der Waals surface area (Å²) in [5, 5.41) is 15.0. The van der Waals surface area contributed by atoms with E-state index in [9.17, 15) is 14.9 Å². The number of pyridine rings is 1. The Morgan fingerprint density at radius 1 is 1.26 bits per heavy atom. The van der Waals surface area contributed by atoms with Gasteiger partial charge in [0.1, 0.15) is 17.0 Å². The zero-order valence-corrected chi connectivity index (χ0v) is 15.4. The van der Waals surface area contributed by atoms with E-state index < -0.39 is 10.8 Å². The second-order valence-electron chi connectivity index (χ2n) is 5.99. The van der Waals surface area contributed by atoms with Crippen molar-refractivity contribution in [2.45, 2.75) is 13.8 Å². The van der Waals surface area contributed by atoms with Crippen LogP contribution in [0.5, 0.6) is 5.75 Å². The van der Waals surface area contributed by atoms with Gasteiger partial charge in [0.15, 0.2) is 6.61 Å². The molecule has 27 heavy (non-hydrogen) atoms. The van der Waals surface area contributed by atoms with Gasteiger partial charge >= 0.3 is 0 Å². The molecule has 7 nitrogen and oxygen atoms in total. The number of rotatable bonds is 5. The van der Waals surface area contributed by atoms with Crippen LogP contribution >= 0.6 is 11.6 Å². The Labute approximate surface area is 160 Å². The number of nitro benzene ring substituents is 1. The van der Waals surface area contributed by atoms with Crippen molar-refractivity contribution in [2.75, 3.05) is 11.9 Å². The summed E-state index contributed by atoms with van der Waals surface area (Å²) in [7, 11) is 0. The van der Waals surface area contributed by atoms with Gasteiger partial charge in [-0.25, -0.2) is 0 Å². The van der Waals surface area contributed by atoms with Crippen LogP contribution in [0.15, 0.2) is 42.6 Å². The number of anilines is 1. The lowest BCUT2D eigenvalue weighted by Crippen LogP contribution is -2.21. The van der Waals surface area contributed by atoms with Crippen molar-refractivity contribution in [1.82, 2.24) is 4.98 Å². The van der Waals surface area contributed by atoms with Crippen LogP contribution < -0.4 is 10.1 Å². The molecule has 0 aliphatic rings. The number of aromatic nitrogens is 1. The number of hydrogen-bond donors (Lipinski definition) is 1. The molecule has 3 aromatic rings. The number of hydrogen-bond acceptors (Lipinski definition) is 5. The molecule has 0 bridgehead atoms. The number of carbonyl (C=O) groups excluding carboxylic acids is 1. The molecule has 8 heteroatoms. The van der Waals surface area contributed by atoms with E-state index in [4.69, 9.17) is 16.3 Å². The fourth-order valence-corrected chi connectivity index (χ4v) is 2.83. The first kappa shape index (κ1) is 18.6. The Balaban J connectivity index is 1.78. The van der Waals surface area contributed by atoms with Crippen LogP contribution in [-0.2, 0) is 4.79 Å². The van der Waals surface area contributed by atoms with Gasteiger partial charge in [0.25, 0.3) is 11.6 Å². The molecule has 1 amide bonds. The number of benzene rings is 2. The third kappa shape index (κ3) is 3.98. The van der Waals surface area contributed by atoms with Crippen molar-refractivity contribution in [3.05, 3.63) is 68.9 Å². The zero-order valence-electron chi connectivity index (χ0n) is 14.7. The van der Waals surface area contributed by atoms with Crippen LogP contribution in [0.2, 0.25) is 5.02 Å². The fraction of sp³-hybridized carbons (Fsp3) is 0.158. The van der Waals surface area contributed by atoms with Crippen LogP contribution in [0.4, 0.5) is 11.4 Å². The molecule has 3 rings (SSSR count). The first-order valence-electron chi connectivity index (χ1n) is 8.08. The lowest BCUT2D eigenvalue weighted by atomic mass is 10.1. The number of nitrogens with one attached hydrogen (secondary N) is 1. The molecular formula is C19H16ClN3O4. The van der Waals surface area contributed by atoms with Gasteiger partial charge in [0.05, 0.1) is 9.95 Å². The zero-order chi connectivity index (χ0) is 19.6. The monoisotopic (exact) mass is 385 g/mol. The van der Waals surface area contributed by atoms with Gasteiger partial charge in [0, 0.05) is 17.6 Å². The molecule has 1 N–H and O–H groups in total. The topological polar surface area (TPSA) is 94.4 Å². The van der Waals surface area contributed by atoms with E-state index in [-0.39, 0.29) is 18.0 Å². The summed E-state index contributed by atoms with van der Waals surface area (Å²) in [6, 6.07) is 9.85. The van der Waals surface area contributed by atoms with Gasteiger partial charge in [-0.2, -0.15) is 0 Å². The summed E-state index contributed by atoms with van der Waals surface area (Å²) in [5.41, 5.74) is 2.12. The highest BCUT2D eigenvalue weighted by Gasteiger charge is 2.18. The number of nitro groups is 1. The highest BCUT2D eigenvalue weighted by Crippen LogP contribution is 2.30. The van der Waals surface area contributed by atoms with E-state index in [1.165, 1.54) is 6.07 Å². The summed E-state index contributed by atoms with van der Waals surface area (Å²) in [6.45, 7) is 3.27. The van der Waals surface area contributed by atoms with Gasteiger partial charge < -0.3 is 10.1 Å². The van der Waals surface area contributed by atoms with E-state index in [1.807, 2.05) is 6.92 Å². The SMILES string of the molecule is Cc1cc(NC(=O)COc2ccc(Cl)c3cccnc23)c([N+](=O)[O-])cc1C. The number of fused-ring (bicyclic) bond motifs is 1. The van der Waals surface area contributed by atoms with Crippen molar-refractivity contribution < 1.29 is 14.5 Å². The predicted octanol–water partition coefficient (Wildman–Crippen LogP) is 4.43. The molecule has 138 valence electrons. The van der Waals surface area contributed by atoms with E-state index in [0.29, 0.717) is 21.7 Å². The highest BCUT2D eigenvalue weighted by molar-refractivity contribution is 6.35. The van der Waals surface area contributed by atoms with E-state index in [2.05, 4.69) is 10.3 Å². The number of ether oxygens (including phenoxy) is 1. The molecule has 0 saturated carbocycles. The van der Waals surface area contributed by atoms with Gasteiger partial charge in [-0.15, -0.1) is 0 Å². The first-order chi connectivity index (χ1) is 12.9. The molecule has 1 aromatic heterocycles. The third-order valence-electron chi connectivity index (χ3n) is 4.12. The number of carbonyl (C=O) groups is 1. The molecule has 2 aromatic carbocycles. The second-order valence-corrected chi connectivity index (χ2v) is 6.40. The normalized spacial score (nSPS) is 10.6. The first-order valence-corrected chi connectivity index (χ1v) is 8.46. The molecule has 0 unspecified atom stereocenters. The van der Waals surface area contributed by atoms with Crippen molar-refractivity contribution in [1.29, 1.82) is 0 Å². The fourth-order valence-electron chi connectivity index (χ4n) is 2.61. The van der Waals surface area contributed by atoms with Crippen molar-refractivity contribution in [3.8, 4) is 5.75 Å². The minimum atomic E-state index is -0.528. The van der Waals surface area contributed by atoms with E-state index >= 15 is 0 Å². The Morgan fingerprint density at radius 2 is 2.00 bits per heavy atom. The molecular weight excluding hydrogens is 370 g/mol. The molecule has 0 fully saturated rings. The molecule has 0 saturated heterocycles. The smallest absolute Gasteiger partial charge is 0.293 e. The predicted molar refractivity (Wildman–Crippen MR) is 103 cm³/mol. The molecule has 0 atom stereocenters. The largest absolute Gasteiger partial charge is 0.481 e. The van der Waals surface area contributed by atoms with Crippen molar-refractivity contribution >= 4 is 39.8 Å². The molecule has 0 aliphatic carbocycles. The molecule has 0 radical (unpaired) electrons. The quantitative estimate of drug-likeness (QED) is 0.517. The molecule has 0 spiro atoms. The maximum absolute atomic E-state index is 12.3. The summed E-state index contributed by atoms with van der Waals surface area (Å²) in [6.07, 6.45) is 1.60. The van der Waals surface area contributed by atoms with Gasteiger partial charge in [-0.05, 0) is 55.3 Å². The second kappa shape index (κ2) is 7.59. The van der Waals surface area contributed by atoms with Gasteiger partial charge in [0.2, 0.25) is 0 Å². The van der Waals surface area contributed by atoms with Crippen LogP contribution in [0.1, 0.15) is 11.1 Å². The lowest BCUT2D eigenvalue weighted by molar-refractivity contribution is -0.384. The number of halogens is 1. The molecule has 0 aliphatic heterocycles. The number of nitrogens with zero attached hydrogens (tertiary/aromatic N) is 2. The Kier molecular flexibility index (Phi) is 5.23. The van der Waals surface area contributed by atoms with Crippen LogP contribution in [0, 0.1) is 24.0 Å².